The van der Waals surface area contributed by atoms with Gasteiger partial charge in [0.15, 0.2) is 0 Å². The third kappa shape index (κ3) is 5.88. The quantitative estimate of drug-likeness (QED) is 0.729. The number of rotatable bonds is 8. The van der Waals surface area contributed by atoms with Gasteiger partial charge in [-0.25, -0.2) is 8.42 Å². The van der Waals surface area contributed by atoms with Crippen molar-refractivity contribution in [2.75, 3.05) is 61.8 Å². The van der Waals surface area contributed by atoms with Gasteiger partial charge in [-0.3, -0.25) is 9.10 Å². The van der Waals surface area contributed by atoms with Crippen molar-refractivity contribution in [1.29, 1.82) is 0 Å². The second-order valence-electron chi connectivity index (χ2n) is 6.74. The molecule has 0 saturated carbocycles. The summed E-state index contributed by atoms with van der Waals surface area (Å²) in [5, 5.41) is 2.78. The van der Waals surface area contributed by atoms with E-state index in [2.05, 4.69) is 22.2 Å². The molecule has 0 radical (unpaired) electrons. The molecule has 0 bridgehead atoms. The van der Waals surface area contributed by atoms with Crippen LogP contribution in [0.3, 0.4) is 0 Å². The lowest BCUT2D eigenvalue weighted by Crippen LogP contribution is -2.44. The van der Waals surface area contributed by atoms with Gasteiger partial charge < -0.3 is 15.1 Å². The Morgan fingerprint density at radius 2 is 1.77 bits per heavy atom. The number of anilines is 2. The third-order valence-corrected chi connectivity index (χ3v) is 5.71. The van der Waals surface area contributed by atoms with E-state index in [4.69, 9.17) is 0 Å². The van der Waals surface area contributed by atoms with Gasteiger partial charge in [0.1, 0.15) is 0 Å². The summed E-state index contributed by atoms with van der Waals surface area (Å²) in [6, 6.07) is 7.54. The van der Waals surface area contributed by atoms with E-state index in [-0.39, 0.29) is 18.9 Å². The first-order valence-electron chi connectivity index (χ1n) is 9.09. The van der Waals surface area contributed by atoms with Crippen LogP contribution in [0.25, 0.3) is 0 Å². The van der Waals surface area contributed by atoms with Crippen LogP contribution in [0, 0.1) is 0 Å². The largest absolute Gasteiger partial charge is 0.369 e. The second kappa shape index (κ2) is 9.23. The summed E-state index contributed by atoms with van der Waals surface area (Å²) in [5.74, 6) is -0.130. The number of benzene rings is 1. The van der Waals surface area contributed by atoms with Crippen molar-refractivity contribution in [3.8, 4) is 0 Å². The van der Waals surface area contributed by atoms with Crippen molar-refractivity contribution in [2.24, 2.45) is 0 Å². The molecule has 146 valence electrons. The van der Waals surface area contributed by atoms with Crippen LogP contribution < -0.4 is 14.5 Å². The minimum absolute atomic E-state index is 0.130. The molecular weight excluding hydrogens is 352 g/mol. The summed E-state index contributed by atoms with van der Waals surface area (Å²) in [4.78, 5) is 16.4. The average Bonchev–Trinajstić information content (AvgIpc) is 2.60. The number of sulfonamides is 1. The van der Waals surface area contributed by atoms with Gasteiger partial charge in [-0.05, 0) is 37.7 Å². The Kier molecular flexibility index (Phi) is 7.28. The Hall–Kier alpha value is -1.80. The zero-order chi connectivity index (χ0) is 19.2. The van der Waals surface area contributed by atoms with Crippen molar-refractivity contribution in [3.63, 3.8) is 0 Å². The second-order valence-corrected chi connectivity index (χ2v) is 8.65. The Balaban J connectivity index is 2.05. The van der Waals surface area contributed by atoms with Crippen LogP contribution in [0.1, 0.15) is 19.8 Å². The average molecular weight is 383 g/mol. The van der Waals surface area contributed by atoms with Crippen LogP contribution in [0.4, 0.5) is 11.4 Å². The van der Waals surface area contributed by atoms with Crippen LogP contribution in [0.15, 0.2) is 24.3 Å². The molecule has 1 amide bonds. The van der Waals surface area contributed by atoms with Crippen LogP contribution in [0.2, 0.25) is 0 Å². The highest BCUT2D eigenvalue weighted by Crippen LogP contribution is 2.23. The van der Waals surface area contributed by atoms with E-state index in [0.717, 1.165) is 38.3 Å². The number of amides is 1. The molecule has 1 heterocycles. The number of piperazine rings is 1. The predicted molar refractivity (Wildman–Crippen MR) is 106 cm³/mol. The maximum Gasteiger partial charge on any atom is 0.232 e. The number of hydrogen-bond donors (Lipinski definition) is 1. The van der Waals surface area contributed by atoms with Crippen molar-refractivity contribution >= 4 is 27.3 Å². The van der Waals surface area contributed by atoms with Crippen molar-refractivity contribution < 1.29 is 13.2 Å². The minimum Gasteiger partial charge on any atom is -0.369 e. The molecule has 7 nitrogen and oxygen atoms in total. The topological polar surface area (TPSA) is 73.0 Å². The highest BCUT2D eigenvalue weighted by Gasteiger charge is 2.20. The number of likely N-dealkylation sites (N-methyl/N-ethyl adjacent to an activating group) is 1. The van der Waals surface area contributed by atoms with Crippen LogP contribution in [-0.2, 0) is 14.8 Å². The molecule has 1 aromatic rings. The third-order valence-electron chi connectivity index (χ3n) is 4.52. The molecule has 0 unspecified atom stereocenters. The summed E-state index contributed by atoms with van der Waals surface area (Å²) in [5.41, 5.74) is 1.68. The Labute approximate surface area is 157 Å². The zero-order valence-electron chi connectivity index (χ0n) is 15.9. The molecule has 1 aromatic carbocycles. The van der Waals surface area contributed by atoms with E-state index in [0.29, 0.717) is 12.2 Å². The number of carbonyl (C=O) groups excluding carboxylic acids is 1. The van der Waals surface area contributed by atoms with E-state index in [1.807, 2.05) is 31.2 Å². The predicted octanol–water partition coefficient (Wildman–Crippen LogP) is 1.12. The lowest BCUT2D eigenvalue weighted by Gasteiger charge is -2.34. The monoisotopic (exact) mass is 382 g/mol. The summed E-state index contributed by atoms with van der Waals surface area (Å²) in [6.07, 6.45) is 2.17. The Morgan fingerprint density at radius 1 is 1.15 bits per heavy atom. The maximum atomic E-state index is 12.2. The molecule has 0 aromatic heterocycles. The fourth-order valence-corrected chi connectivity index (χ4v) is 3.86. The maximum absolute atomic E-state index is 12.2. The zero-order valence-corrected chi connectivity index (χ0v) is 16.8. The molecule has 0 atom stereocenters. The number of carbonyl (C=O) groups is 1. The fourth-order valence-electron chi connectivity index (χ4n) is 2.94. The molecule has 8 heteroatoms. The van der Waals surface area contributed by atoms with Crippen molar-refractivity contribution in [3.05, 3.63) is 24.3 Å². The van der Waals surface area contributed by atoms with Crippen molar-refractivity contribution in [2.45, 2.75) is 19.8 Å². The molecule has 1 fully saturated rings. The van der Waals surface area contributed by atoms with E-state index in [1.54, 1.807) is 0 Å². The normalized spacial score (nSPS) is 15.7. The first-order valence-corrected chi connectivity index (χ1v) is 10.9. The number of nitrogens with one attached hydrogen (secondary N) is 1. The summed E-state index contributed by atoms with van der Waals surface area (Å²) in [6.45, 7) is 6.69. The van der Waals surface area contributed by atoms with E-state index < -0.39 is 10.0 Å². The minimum atomic E-state index is -3.45. The fraction of sp³-hybridized carbons (Fsp3) is 0.611. The molecule has 2 rings (SSSR count). The lowest BCUT2D eigenvalue weighted by molar-refractivity contribution is -0.120. The molecule has 1 saturated heterocycles. The van der Waals surface area contributed by atoms with Crippen molar-refractivity contribution in [1.82, 2.24) is 10.2 Å². The lowest BCUT2D eigenvalue weighted by atomic mass is 10.2. The number of hydrogen-bond acceptors (Lipinski definition) is 5. The molecule has 1 N–H and O–H groups in total. The highest BCUT2D eigenvalue weighted by atomic mass is 32.2. The Morgan fingerprint density at radius 3 is 2.31 bits per heavy atom. The van der Waals surface area contributed by atoms with Gasteiger partial charge in [-0.2, -0.15) is 0 Å². The molecule has 0 spiro atoms. The van der Waals surface area contributed by atoms with Crippen LogP contribution >= 0.6 is 0 Å². The first kappa shape index (κ1) is 20.5. The van der Waals surface area contributed by atoms with Crippen LogP contribution in [0.5, 0.6) is 0 Å². The van der Waals surface area contributed by atoms with Gasteiger partial charge in [0.05, 0.1) is 11.9 Å². The number of nitrogens with zero attached hydrogens (tertiary/aromatic N) is 3. The van der Waals surface area contributed by atoms with Gasteiger partial charge in [0, 0.05) is 51.4 Å². The van der Waals surface area contributed by atoms with Gasteiger partial charge in [0.25, 0.3) is 0 Å². The SMILES string of the molecule is CCCNC(=O)CCN(c1ccc(N2CCN(C)CC2)cc1)S(C)(=O)=O. The van der Waals surface area contributed by atoms with E-state index >= 15 is 0 Å². The smallest absolute Gasteiger partial charge is 0.232 e. The van der Waals surface area contributed by atoms with Gasteiger partial charge in [-0.15, -0.1) is 0 Å². The van der Waals surface area contributed by atoms with Gasteiger partial charge in [0.2, 0.25) is 15.9 Å². The van der Waals surface area contributed by atoms with Gasteiger partial charge in [-0.1, -0.05) is 6.92 Å². The first-order chi connectivity index (χ1) is 12.3. The van der Waals surface area contributed by atoms with Gasteiger partial charge >= 0.3 is 0 Å². The molecule has 1 aliphatic heterocycles. The summed E-state index contributed by atoms with van der Waals surface area (Å²) < 4.78 is 25.6. The van der Waals surface area contributed by atoms with E-state index in [1.165, 1.54) is 10.6 Å². The molecular formula is C18H30N4O3S. The molecule has 26 heavy (non-hydrogen) atoms. The van der Waals surface area contributed by atoms with Crippen LogP contribution in [-0.4, -0.2) is 71.8 Å². The Bertz CT molecular complexity index is 683. The highest BCUT2D eigenvalue weighted by molar-refractivity contribution is 7.92. The standard InChI is InChI=1S/C18H30N4O3S/c1-4-10-19-18(23)9-11-22(26(3,24)25)17-7-5-16(6-8-17)21-14-12-20(2)13-15-21/h5-8H,4,9-15H2,1-3H3,(H,19,23). The van der Waals surface area contributed by atoms with E-state index in [9.17, 15) is 13.2 Å². The summed E-state index contributed by atoms with van der Waals surface area (Å²) in [7, 11) is -1.33. The molecule has 1 aliphatic rings. The molecule has 0 aliphatic carbocycles. The summed E-state index contributed by atoms with van der Waals surface area (Å²) >= 11 is 0.